The van der Waals surface area contributed by atoms with Gasteiger partial charge in [0, 0.05) is 12.8 Å². The fourth-order valence-corrected chi connectivity index (χ4v) is 21.9. The summed E-state index contributed by atoms with van der Waals surface area (Å²) in [6.07, 6.45) is 11.0. The minimum absolute atomic E-state index is 0.0369. The van der Waals surface area contributed by atoms with Crippen LogP contribution in [-0.4, -0.2) is 182 Å². The predicted octanol–water partition coefficient (Wildman–Crippen LogP) is 25.0. The highest BCUT2D eigenvalue weighted by molar-refractivity contribution is 9.12. The molecule has 0 saturated carbocycles. The second kappa shape index (κ2) is 42.9. The number of rotatable bonds is 36. The lowest BCUT2D eigenvalue weighted by atomic mass is 9.87. The second-order valence-electron chi connectivity index (χ2n) is 42.8. The molecule has 2 aromatic rings. The molecule has 4 heterocycles. The highest BCUT2D eigenvalue weighted by Crippen LogP contribution is 2.51. The van der Waals surface area contributed by atoms with Crippen LogP contribution < -0.4 is 0 Å². The molecule has 0 aromatic heterocycles. The summed E-state index contributed by atoms with van der Waals surface area (Å²) in [4.78, 5) is 26.0. The lowest BCUT2D eigenvalue weighted by molar-refractivity contribution is -0.267. The molecule has 4 fully saturated rings. The van der Waals surface area contributed by atoms with E-state index in [0.29, 0.717) is 49.7 Å². The molecule has 2 N–H and O–H groups in total. The number of carbonyl (C=O) groups excluding carboxylic acids is 2. The van der Waals surface area contributed by atoms with Gasteiger partial charge in [0.25, 0.3) is 0 Å². The predicted molar refractivity (Wildman–Crippen MR) is 501 cm³/mol. The van der Waals surface area contributed by atoms with Crippen molar-refractivity contribution >= 4 is 93.7 Å². The topological polar surface area (TPSA) is 185 Å². The molecule has 4 unspecified atom stereocenters. The maximum Gasteiger partial charge on any atom is 0.338 e. The van der Waals surface area contributed by atoms with Crippen LogP contribution in [0.1, 0.15) is 249 Å². The Hall–Kier alpha value is -1.88. The fraction of sp³-hybridized carbons (Fsp3) is 0.761. The normalized spacial score (nSPS) is 25.6. The van der Waals surface area contributed by atoms with E-state index in [1.165, 1.54) is 0 Å². The molecule has 6 rings (SSSR count). The van der Waals surface area contributed by atoms with Gasteiger partial charge in [-0.2, -0.15) is 0 Å². The Kier molecular flexibility index (Phi) is 38.7. The van der Waals surface area contributed by atoms with Crippen LogP contribution in [0.5, 0.6) is 0 Å². The fourth-order valence-electron chi connectivity index (χ4n) is 13.5. The first-order valence-electron chi connectivity index (χ1n) is 43.6. The lowest BCUT2D eigenvalue weighted by Crippen LogP contribution is -2.69. The van der Waals surface area contributed by atoms with E-state index in [0.717, 1.165) is 60.3 Å². The minimum Gasteiger partial charge on any atom is -0.458 e. The second-order valence-corrected chi connectivity index (χ2v) is 73.6. The highest BCUT2D eigenvalue weighted by atomic mass is 79.9. The molecule has 664 valence electrons. The van der Waals surface area contributed by atoms with Gasteiger partial charge in [0.05, 0.1) is 60.0 Å². The molecule has 4 aliphatic rings. The maximum absolute atomic E-state index is 13.0. The van der Waals surface area contributed by atoms with E-state index in [9.17, 15) is 19.8 Å². The smallest absolute Gasteiger partial charge is 0.338 e. The summed E-state index contributed by atoms with van der Waals surface area (Å²) < 4.78 is 86.9. The lowest BCUT2D eigenvalue weighted by Gasteiger charge is -2.56. The zero-order valence-corrected chi connectivity index (χ0v) is 87.3. The van der Waals surface area contributed by atoms with Gasteiger partial charge in [0.1, 0.15) is 61.0 Å². The summed E-state index contributed by atoms with van der Waals surface area (Å²) in [5.41, 5.74) is 0.978. The molecule has 24 heteroatoms. The largest absolute Gasteiger partial charge is 0.458 e. The van der Waals surface area contributed by atoms with E-state index in [2.05, 4.69) is 262 Å². The Morgan fingerprint density at radius 2 is 0.698 bits per heavy atom. The monoisotopic (exact) mass is 1850 g/mol. The van der Waals surface area contributed by atoms with Crippen molar-refractivity contribution in [3.63, 3.8) is 0 Å². The molecule has 0 aliphatic carbocycles. The first kappa shape index (κ1) is 105. The molecule has 4 saturated heterocycles. The van der Waals surface area contributed by atoms with Crippen LogP contribution in [0.25, 0.3) is 0 Å². The third kappa shape index (κ3) is 30.2. The number of hydrogen-bond donors (Lipinski definition) is 2. The number of aliphatic hydroxyl groups is 2. The third-order valence-electron chi connectivity index (χ3n) is 27.0. The molecule has 18 atom stereocenters. The Bertz CT molecular complexity index is 3220. The van der Waals surface area contributed by atoms with Crippen molar-refractivity contribution < 1.29 is 74.8 Å². The number of aliphatic hydroxyl groups excluding tert-OH is 2. The van der Waals surface area contributed by atoms with E-state index in [1.54, 1.807) is 24.3 Å². The van der Waals surface area contributed by atoms with Crippen molar-refractivity contribution in [1.29, 1.82) is 0 Å². The highest BCUT2D eigenvalue weighted by Gasteiger charge is 2.61. The zero-order chi connectivity index (χ0) is 88.1. The summed E-state index contributed by atoms with van der Waals surface area (Å²) in [6, 6.07) is 18.0. The third-order valence-corrected chi connectivity index (χ3v) is 54.4. The van der Waals surface area contributed by atoms with Gasteiger partial charge in [0.15, 0.2) is 49.9 Å². The van der Waals surface area contributed by atoms with Gasteiger partial charge in [-0.1, -0.05) is 257 Å². The maximum atomic E-state index is 13.0. The van der Waals surface area contributed by atoms with Crippen LogP contribution in [0.2, 0.25) is 109 Å². The van der Waals surface area contributed by atoms with Crippen molar-refractivity contribution in [1.82, 2.24) is 0 Å². The molecule has 2 aromatic carbocycles. The number of halogens is 2. The van der Waals surface area contributed by atoms with E-state index in [1.807, 2.05) is 60.7 Å². The van der Waals surface area contributed by atoms with Crippen LogP contribution in [0.4, 0.5) is 0 Å². The molecule has 0 bridgehead atoms. The van der Waals surface area contributed by atoms with Crippen LogP contribution in [0, 0.1) is 0 Å². The first-order chi connectivity index (χ1) is 53.0. The summed E-state index contributed by atoms with van der Waals surface area (Å²) >= 11 is 6.92. The molecule has 0 spiro atoms. The Morgan fingerprint density at radius 1 is 0.422 bits per heavy atom. The number of ether oxygens (including phenoxy) is 6. The van der Waals surface area contributed by atoms with Crippen LogP contribution >= 0.6 is 31.9 Å². The quantitative estimate of drug-likeness (QED) is 0.0372. The number of hydrogen-bond acceptors (Lipinski definition) is 16. The zero-order valence-electron chi connectivity index (χ0n) is 78.2. The summed E-state index contributed by atoms with van der Waals surface area (Å²) in [5.74, 6) is -0.787. The molecule has 0 radical (unpaired) electrons. The van der Waals surface area contributed by atoms with E-state index < -0.39 is 123 Å². The van der Waals surface area contributed by atoms with Crippen LogP contribution in [0.3, 0.4) is 0 Å². The van der Waals surface area contributed by atoms with Gasteiger partial charge in [-0.3, -0.25) is 0 Å². The van der Waals surface area contributed by atoms with Crippen molar-refractivity contribution in [2.75, 3.05) is 0 Å². The molecule has 16 nitrogen and oxygen atoms in total. The molecular formula is C92H162Br2O16Si6. The summed E-state index contributed by atoms with van der Waals surface area (Å²) in [6.45, 7) is 80.8. The molecule has 4 aliphatic heterocycles. The van der Waals surface area contributed by atoms with Gasteiger partial charge in [0.2, 0.25) is 0 Å². The average Bonchev–Trinajstić information content (AvgIpc) is 0.749. The van der Waals surface area contributed by atoms with Gasteiger partial charge in [-0.25, -0.2) is 9.59 Å². The number of carbonyl (C=O) groups is 2. The first-order valence-corrected chi connectivity index (χ1v) is 62.6. The van der Waals surface area contributed by atoms with Crippen LogP contribution in [-0.2, 0) is 55.0 Å². The number of fused-ring (bicyclic) bond motifs is 2. The van der Waals surface area contributed by atoms with Crippen molar-refractivity contribution in [2.45, 2.75) is 447 Å². The van der Waals surface area contributed by atoms with Crippen molar-refractivity contribution in [3.8, 4) is 0 Å². The number of esters is 2. The Balaban J connectivity index is 0.000000414. The van der Waals surface area contributed by atoms with Crippen molar-refractivity contribution in [3.05, 3.63) is 118 Å². The van der Waals surface area contributed by atoms with E-state index in [-0.39, 0.29) is 79.1 Å². The van der Waals surface area contributed by atoms with Gasteiger partial charge in [-0.15, -0.1) is 0 Å². The summed E-state index contributed by atoms with van der Waals surface area (Å²) in [7, 11) is -14.4. The molecular weight excluding hydrogens is 1690 g/mol. The minimum atomic E-state index is -2.42. The van der Waals surface area contributed by atoms with E-state index in [4.69, 9.17) is 55.0 Å². The molecule has 116 heavy (non-hydrogen) atoms. The van der Waals surface area contributed by atoms with Crippen LogP contribution in [0.15, 0.2) is 107 Å². The molecule has 0 amide bonds. The Morgan fingerprint density at radius 3 is 0.957 bits per heavy atom. The SMILES string of the molecule is C=C(Br)C[C@@H](CCC(O)/C=C/[C@H](O[Si](C)(C)C(C)(C)C)C1O[C@H]2CC[C@H](CCC)O[C@@H]2[C@H](O[Si](C)(C)C(C)(C)C)[C@@H]1O[Si](C)(C)C(C)(C)C)OC(=O)c1ccccc1.C=C(Br)C[C@@H](CCC(O)/C=C/[C@H](O[Si](C)(C)C(C)(C)C)C1O[C@H]2CC[C@H](CCC)O[C@@H]2[C@H](O[Si](C)(C)C(C)(C)C)[C@@H]1O[Si](C)(C)C(C)(C)C)OC(=O)c1ccccc1. The van der Waals surface area contributed by atoms with E-state index >= 15 is 0 Å². The van der Waals surface area contributed by atoms with Gasteiger partial charge >= 0.3 is 11.9 Å². The standard InChI is InChI=1S/2C46H81BrO8Si3/c2*1-18-22-35-28-30-37-39(50-35)41(54-57(14,15)45(6,7)8)42(55-58(16,17)46(9,10)11)40(52-37)38(53-56(12,13)44(3,4)5)29-26-34(48)25-27-36(31-32(2)47)51-43(49)33-23-20-19-21-24-33/h2*19-21,23-24,26,29,34-42,48H,2,18,22,25,27-28,30-31H2,1,3-17H3/b2*29-26+/t2*34?,35-,36+,37-,38-,39-,40?,41-,42+/m00/s1. The Labute approximate surface area is 728 Å². The van der Waals surface area contributed by atoms with Gasteiger partial charge in [-0.05, 0) is 206 Å². The van der Waals surface area contributed by atoms with Crippen molar-refractivity contribution in [2.24, 2.45) is 0 Å². The van der Waals surface area contributed by atoms with Gasteiger partial charge < -0.3 is 65.2 Å². The summed E-state index contributed by atoms with van der Waals surface area (Å²) in [5, 5.41) is 22.8. The number of benzene rings is 2. The average molecular weight is 1850 g/mol.